The molecule has 1 heterocycles. The number of nitrogens with zero attached hydrogens (tertiary/aromatic N) is 1. The fourth-order valence-corrected chi connectivity index (χ4v) is 2.62. The molecule has 1 atom stereocenters. The second kappa shape index (κ2) is 5.69. The van der Waals surface area contributed by atoms with Crippen molar-refractivity contribution >= 4 is 21.7 Å². The predicted octanol–water partition coefficient (Wildman–Crippen LogP) is 2.60. The van der Waals surface area contributed by atoms with Crippen molar-refractivity contribution < 1.29 is 0 Å². The number of aromatic nitrogens is 1. The van der Waals surface area contributed by atoms with E-state index in [1.54, 1.807) is 6.20 Å². The highest BCUT2D eigenvalue weighted by Crippen LogP contribution is 2.29. The van der Waals surface area contributed by atoms with Crippen LogP contribution in [0, 0.1) is 13.8 Å². The number of nitrogens with two attached hydrogens (primary N) is 2. The van der Waals surface area contributed by atoms with Crippen LogP contribution in [0.1, 0.15) is 28.3 Å². The van der Waals surface area contributed by atoms with Crippen LogP contribution in [0.25, 0.3) is 0 Å². The first-order valence-electron chi connectivity index (χ1n) is 5.97. The van der Waals surface area contributed by atoms with Gasteiger partial charge in [-0.25, -0.2) is 10.4 Å². The van der Waals surface area contributed by atoms with Gasteiger partial charge >= 0.3 is 0 Å². The summed E-state index contributed by atoms with van der Waals surface area (Å²) in [6, 6.07) is 7.92. The highest BCUT2D eigenvalue weighted by Gasteiger charge is 2.18. The normalized spacial score (nSPS) is 12.4. The van der Waals surface area contributed by atoms with Gasteiger partial charge in [-0.05, 0) is 48.7 Å². The van der Waals surface area contributed by atoms with Crippen LogP contribution in [0.2, 0.25) is 0 Å². The SMILES string of the molecule is Cc1cnc(N)c(C(NN)c2ccc(Br)cc2C)c1. The lowest BCUT2D eigenvalue weighted by Crippen LogP contribution is -2.30. The first-order chi connectivity index (χ1) is 9.02. The Labute approximate surface area is 121 Å². The van der Waals surface area contributed by atoms with Gasteiger partial charge in [-0.3, -0.25) is 5.84 Å². The molecule has 5 N–H and O–H groups in total. The molecule has 1 unspecified atom stereocenters. The van der Waals surface area contributed by atoms with Gasteiger partial charge in [0.2, 0.25) is 0 Å². The topological polar surface area (TPSA) is 77.0 Å². The minimum Gasteiger partial charge on any atom is -0.383 e. The third kappa shape index (κ3) is 2.94. The predicted molar refractivity (Wildman–Crippen MR) is 81.4 cm³/mol. The Morgan fingerprint density at radius 3 is 2.58 bits per heavy atom. The number of pyridine rings is 1. The van der Waals surface area contributed by atoms with Crippen molar-refractivity contribution in [3.8, 4) is 0 Å². The number of rotatable bonds is 3. The van der Waals surface area contributed by atoms with Crippen LogP contribution < -0.4 is 17.0 Å². The molecule has 0 radical (unpaired) electrons. The van der Waals surface area contributed by atoms with Crippen LogP contribution in [0.4, 0.5) is 5.82 Å². The summed E-state index contributed by atoms with van der Waals surface area (Å²) in [5, 5.41) is 0. The maximum Gasteiger partial charge on any atom is 0.128 e. The number of hydrogen-bond donors (Lipinski definition) is 3. The second-order valence-electron chi connectivity index (χ2n) is 4.59. The molecule has 1 aromatic heterocycles. The van der Waals surface area contributed by atoms with E-state index >= 15 is 0 Å². The molecule has 19 heavy (non-hydrogen) atoms. The molecule has 2 rings (SSSR count). The van der Waals surface area contributed by atoms with Crippen molar-refractivity contribution in [3.05, 3.63) is 57.2 Å². The minimum atomic E-state index is -0.166. The molecule has 0 fully saturated rings. The zero-order chi connectivity index (χ0) is 14.0. The van der Waals surface area contributed by atoms with Crippen LogP contribution >= 0.6 is 15.9 Å². The third-order valence-corrected chi connectivity index (χ3v) is 3.60. The highest BCUT2D eigenvalue weighted by molar-refractivity contribution is 9.10. The Balaban J connectivity index is 2.52. The average molecular weight is 321 g/mol. The Bertz CT molecular complexity index is 598. The molecule has 1 aromatic carbocycles. The van der Waals surface area contributed by atoms with Crippen molar-refractivity contribution in [1.29, 1.82) is 0 Å². The molecule has 0 saturated heterocycles. The lowest BCUT2D eigenvalue weighted by molar-refractivity contribution is 0.633. The molecule has 0 amide bonds. The molecule has 100 valence electrons. The van der Waals surface area contributed by atoms with Gasteiger partial charge < -0.3 is 5.73 Å². The fourth-order valence-electron chi connectivity index (χ4n) is 2.14. The van der Waals surface area contributed by atoms with Gasteiger partial charge in [0.25, 0.3) is 0 Å². The standard InChI is InChI=1S/C14H17BrN4/c1-8-5-12(14(16)18-7-8)13(19-17)11-4-3-10(15)6-9(11)2/h3-7,13,19H,17H2,1-2H3,(H2,16,18). The van der Waals surface area contributed by atoms with Gasteiger partial charge in [0.1, 0.15) is 5.82 Å². The van der Waals surface area contributed by atoms with Crippen molar-refractivity contribution in [2.75, 3.05) is 5.73 Å². The molecule has 0 aliphatic heterocycles. The zero-order valence-corrected chi connectivity index (χ0v) is 12.5. The first-order valence-corrected chi connectivity index (χ1v) is 6.76. The van der Waals surface area contributed by atoms with Crippen molar-refractivity contribution in [1.82, 2.24) is 10.4 Å². The summed E-state index contributed by atoms with van der Waals surface area (Å²) >= 11 is 3.46. The maximum absolute atomic E-state index is 5.97. The molecule has 0 spiro atoms. The van der Waals surface area contributed by atoms with Crippen LogP contribution in [0.15, 0.2) is 34.9 Å². The van der Waals surface area contributed by atoms with E-state index in [1.807, 2.05) is 32.0 Å². The van der Waals surface area contributed by atoms with E-state index < -0.39 is 0 Å². The third-order valence-electron chi connectivity index (χ3n) is 3.11. The molecule has 2 aromatic rings. The number of anilines is 1. The Morgan fingerprint density at radius 1 is 1.21 bits per heavy atom. The molecule has 0 aliphatic carbocycles. The lowest BCUT2D eigenvalue weighted by atomic mass is 9.95. The van der Waals surface area contributed by atoms with Gasteiger partial charge in [0.15, 0.2) is 0 Å². The smallest absolute Gasteiger partial charge is 0.128 e. The molecular formula is C14H17BrN4. The first kappa shape index (κ1) is 14.0. The van der Waals surface area contributed by atoms with Crippen LogP contribution in [-0.4, -0.2) is 4.98 Å². The molecule has 0 aliphatic rings. The van der Waals surface area contributed by atoms with Crippen molar-refractivity contribution in [3.63, 3.8) is 0 Å². The van der Waals surface area contributed by atoms with Crippen LogP contribution in [0.3, 0.4) is 0 Å². The molecule has 5 heteroatoms. The summed E-state index contributed by atoms with van der Waals surface area (Å²) in [6.45, 7) is 4.03. The minimum absolute atomic E-state index is 0.166. The number of halogens is 1. The summed E-state index contributed by atoms with van der Waals surface area (Å²) in [5.74, 6) is 6.21. The Morgan fingerprint density at radius 2 is 1.95 bits per heavy atom. The van der Waals surface area contributed by atoms with E-state index in [0.29, 0.717) is 5.82 Å². The van der Waals surface area contributed by atoms with E-state index in [0.717, 1.165) is 26.7 Å². The van der Waals surface area contributed by atoms with Gasteiger partial charge in [0, 0.05) is 16.2 Å². The van der Waals surface area contributed by atoms with E-state index in [4.69, 9.17) is 11.6 Å². The summed E-state index contributed by atoms with van der Waals surface area (Å²) in [7, 11) is 0. The summed E-state index contributed by atoms with van der Waals surface area (Å²) in [5.41, 5.74) is 13.0. The molecule has 0 bridgehead atoms. The van der Waals surface area contributed by atoms with Crippen molar-refractivity contribution in [2.24, 2.45) is 5.84 Å². The molecule has 0 saturated carbocycles. The number of hydrazine groups is 1. The Kier molecular flexibility index (Phi) is 4.19. The fraction of sp³-hybridized carbons (Fsp3) is 0.214. The van der Waals surface area contributed by atoms with Crippen LogP contribution in [0.5, 0.6) is 0 Å². The van der Waals surface area contributed by atoms with Gasteiger partial charge in [-0.1, -0.05) is 22.0 Å². The summed E-state index contributed by atoms with van der Waals surface area (Å²) < 4.78 is 1.04. The molecule has 4 nitrogen and oxygen atoms in total. The summed E-state index contributed by atoms with van der Waals surface area (Å²) in [6.07, 6.45) is 1.75. The quantitative estimate of drug-likeness (QED) is 0.600. The summed E-state index contributed by atoms with van der Waals surface area (Å²) in [4.78, 5) is 4.19. The van der Waals surface area contributed by atoms with Gasteiger partial charge in [-0.15, -0.1) is 0 Å². The van der Waals surface area contributed by atoms with Gasteiger partial charge in [-0.2, -0.15) is 0 Å². The largest absolute Gasteiger partial charge is 0.383 e. The maximum atomic E-state index is 5.97. The van der Waals surface area contributed by atoms with Crippen LogP contribution in [-0.2, 0) is 0 Å². The van der Waals surface area contributed by atoms with E-state index in [1.165, 1.54) is 0 Å². The zero-order valence-electron chi connectivity index (χ0n) is 10.9. The second-order valence-corrected chi connectivity index (χ2v) is 5.50. The average Bonchev–Trinajstić information content (AvgIpc) is 2.36. The number of benzene rings is 1. The lowest BCUT2D eigenvalue weighted by Gasteiger charge is -2.20. The number of nitrogen functional groups attached to an aromatic ring is 1. The number of nitrogens with one attached hydrogen (secondary N) is 1. The monoisotopic (exact) mass is 320 g/mol. The van der Waals surface area contributed by atoms with E-state index in [-0.39, 0.29) is 6.04 Å². The van der Waals surface area contributed by atoms with E-state index in [2.05, 4.69) is 32.4 Å². The van der Waals surface area contributed by atoms with Crippen molar-refractivity contribution in [2.45, 2.75) is 19.9 Å². The number of hydrogen-bond acceptors (Lipinski definition) is 4. The van der Waals surface area contributed by atoms with E-state index in [9.17, 15) is 0 Å². The van der Waals surface area contributed by atoms with Gasteiger partial charge in [0.05, 0.1) is 6.04 Å². The Hall–Kier alpha value is -1.43. The molecular weight excluding hydrogens is 304 g/mol. The highest BCUT2D eigenvalue weighted by atomic mass is 79.9. The number of aryl methyl sites for hydroxylation is 2.